The van der Waals surface area contributed by atoms with Crippen LogP contribution in [0.1, 0.15) is 60.3 Å². The Morgan fingerprint density at radius 2 is 1.87 bits per heavy atom. The number of hydrogen-bond acceptors (Lipinski definition) is 0. The van der Waals surface area contributed by atoms with Gasteiger partial charge < -0.3 is 0 Å². The van der Waals surface area contributed by atoms with Crippen molar-refractivity contribution in [3.63, 3.8) is 0 Å². The normalized spacial score (nSPS) is 21.5. The molecule has 0 N–H and O–H groups in total. The van der Waals surface area contributed by atoms with Gasteiger partial charge in [-0.3, -0.25) is 0 Å². The van der Waals surface area contributed by atoms with E-state index in [1.54, 1.807) is 27.8 Å². The molecule has 0 bridgehead atoms. The van der Waals surface area contributed by atoms with E-state index < -0.39 is 23.2 Å². The molecule has 122 valence electrons. The Morgan fingerprint density at radius 3 is 2.61 bits per heavy atom. The molecular weight excluding hydrogens is 379 g/mol. The van der Waals surface area contributed by atoms with Crippen LogP contribution in [0.4, 0.5) is 0 Å². The number of aryl methyl sites for hydroxylation is 1. The molecule has 0 nitrogen and oxygen atoms in total. The monoisotopic (exact) mass is 404 g/mol. The van der Waals surface area contributed by atoms with Gasteiger partial charge in [-0.1, -0.05) is 0 Å². The summed E-state index contributed by atoms with van der Waals surface area (Å²) in [4.78, 5) is 0. The fourth-order valence-electron chi connectivity index (χ4n) is 3.71. The predicted octanol–water partition coefficient (Wildman–Crippen LogP) is 6.69. The molecule has 2 atom stereocenters. The number of hydrogen-bond donors (Lipinski definition) is 0. The molecule has 2 unspecified atom stereocenters. The first-order valence-corrected chi connectivity index (χ1v) is 11.5. The second-order valence-electron chi connectivity index (χ2n) is 6.51. The van der Waals surface area contributed by atoms with Crippen molar-refractivity contribution >= 4 is 18.5 Å². The maximum absolute atomic E-state index is 2.49. The molecular formula is C21H27ClZr. The van der Waals surface area contributed by atoms with Crippen LogP contribution in [0.25, 0.3) is 6.08 Å². The SMILES string of the molecule is CCCC1=CC=C[CH]1[Zr][CH]1C(C)=Cc2c(CCC)cccc21.Cl. The number of benzene rings is 1. The quantitative estimate of drug-likeness (QED) is 0.494. The topological polar surface area (TPSA) is 0 Å². The van der Waals surface area contributed by atoms with Crippen molar-refractivity contribution in [3.05, 3.63) is 64.3 Å². The molecule has 0 saturated heterocycles. The van der Waals surface area contributed by atoms with Gasteiger partial charge in [-0.05, 0) is 0 Å². The van der Waals surface area contributed by atoms with Crippen molar-refractivity contribution in [2.24, 2.45) is 0 Å². The molecule has 2 heteroatoms. The fourth-order valence-corrected chi connectivity index (χ4v) is 8.17. The van der Waals surface area contributed by atoms with E-state index in [0.29, 0.717) is 0 Å². The average Bonchev–Trinajstić information content (AvgIpc) is 3.07. The molecule has 23 heavy (non-hydrogen) atoms. The first-order valence-electron chi connectivity index (χ1n) is 8.67. The largest absolute Gasteiger partial charge is 0.147 e. The Morgan fingerprint density at radius 1 is 1.09 bits per heavy atom. The van der Waals surface area contributed by atoms with E-state index >= 15 is 0 Å². The van der Waals surface area contributed by atoms with Crippen molar-refractivity contribution in [2.75, 3.05) is 0 Å². The minimum Gasteiger partial charge on any atom is -0.147 e. The summed E-state index contributed by atoms with van der Waals surface area (Å²) in [6.45, 7) is 6.95. The molecule has 1 aromatic carbocycles. The van der Waals surface area contributed by atoms with Gasteiger partial charge in [0.25, 0.3) is 0 Å². The van der Waals surface area contributed by atoms with Crippen LogP contribution in [0.2, 0.25) is 3.63 Å². The maximum Gasteiger partial charge on any atom is -0.147 e. The van der Waals surface area contributed by atoms with Crippen LogP contribution >= 0.6 is 12.4 Å². The van der Waals surface area contributed by atoms with Crippen molar-refractivity contribution in [3.8, 4) is 0 Å². The van der Waals surface area contributed by atoms with Gasteiger partial charge in [0.15, 0.2) is 0 Å². The number of fused-ring (bicyclic) bond motifs is 1. The van der Waals surface area contributed by atoms with Gasteiger partial charge in [-0.25, -0.2) is 0 Å². The van der Waals surface area contributed by atoms with Crippen LogP contribution in [0.3, 0.4) is 0 Å². The Hall–Kier alpha value is -0.387. The first kappa shape index (κ1) is 18.9. The van der Waals surface area contributed by atoms with E-state index in [0.717, 1.165) is 7.25 Å². The van der Waals surface area contributed by atoms with Crippen molar-refractivity contribution < 1.29 is 23.2 Å². The van der Waals surface area contributed by atoms with Gasteiger partial charge in [0, 0.05) is 0 Å². The summed E-state index contributed by atoms with van der Waals surface area (Å²) in [5, 5.41) is 0. The zero-order valence-corrected chi connectivity index (χ0v) is 17.7. The van der Waals surface area contributed by atoms with Crippen molar-refractivity contribution in [1.29, 1.82) is 0 Å². The molecule has 0 fully saturated rings. The molecule has 0 spiro atoms. The van der Waals surface area contributed by atoms with Crippen LogP contribution in [-0.2, 0) is 29.7 Å². The summed E-state index contributed by atoms with van der Waals surface area (Å²) in [5.41, 5.74) is 8.11. The number of rotatable bonds is 6. The van der Waals surface area contributed by atoms with E-state index in [-0.39, 0.29) is 12.4 Å². The van der Waals surface area contributed by atoms with Crippen molar-refractivity contribution in [1.82, 2.24) is 0 Å². The van der Waals surface area contributed by atoms with Gasteiger partial charge >= 0.3 is 147 Å². The average molecular weight is 406 g/mol. The minimum atomic E-state index is -0.539. The molecule has 3 rings (SSSR count). The summed E-state index contributed by atoms with van der Waals surface area (Å²) in [6, 6.07) is 7.02. The molecule has 2 aliphatic carbocycles. The Kier molecular flexibility index (Phi) is 7.11. The predicted molar refractivity (Wildman–Crippen MR) is 100.0 cm³/mol. The van der Waals surface area contributed by atoms with Crippen LogP contribution in [-0.4, -0.2) is 0 Å². The third kappa shape index (κ3) is 4.00. The molecule has 0 amide bonds. The first-order chi connectivity index (χ1) is 10.7. The van der Waals surface area contributed by atoms with Crippen molar-refractivity contribution in [2.45, 2.75) is 53.7 Å². The van der Waals surface area contributed by atoms with E-state index in [9.17, 15) is 0 Å². The zero-order chi connectivity index (χ0) is 15.5. The third-order valence-electron chi connectivity index (χ3n) is 4.79. The van der Waals surface area contributed by atoms with Gasteiger partial charge in [0.2, 0.25) is 0 Å². The molecule has 2 aliphatic rings. The van der Waals surface area contributed by atoms with Gasteiger partial charge in [0.1, 0.15) is 0 Å². The smallest absolute Gasteiger partial charge is 0.147 e. The Balaban J connectivity index is 0.00000192. The number of halogens is 1. The van der Waals surface area contributed by atoms with Crippen LogP contribution in [0.5, 0.6) is 0 Å². The molecule has 1 aromatic rings. The van der Waals surface area contributed by atoms with E-state index in [1.807, 2.05) is 0 Å². The molecule has 0 aliphatic heterocycles. The molecule has 0 heterocycles. The standard InChI is InChI=1S/C13H15.C8H11.ClH.Zr/c1-3-5-11-6-4-7-12-8-10(2)9-13(11)12;1-2-5-8-6-3-4-7-8;;/h4,6-9H,3,5H2,1-2H3;3-4,6-7H,2,5H2,1H3;1H;. The number of allylic oxidation sites excluding steroid dienone is 5. The molecule has 0 saturated carbocycles. The maximum atomic E-state index is 2.49. The van der Waals surface area contributed by atoms with Crippen LogP contribution in [0.15, 0.2) is 47.6 Å². The summed E-state index contributed by atoms with van der Waals surface area (Å²) in [5.74, 6) is 0. The summed E-state index contributed by atoms with van der Waals surface area (Å²) in [7, 11) is 0. The summed E-state index contributed by atoms with van der Waals surface area (Å²) in [6.07, 6.45) is 14.7. The Labute approximate surface area is 159 Å². The fraction of sp³-hybridized carbons (Fsp3) is 0.429. The molecule has 0 radical (unpaired) electrons. The summed E-state index contributed by atoms with van der Waals surface area (Å²) >= 11 is -0.539. The van der Waals surface area contributed by atoms with Gasteiger partial charge in [-0.15, -0.1) is 12.4 Å². The summed E-state index contributed by atoms with van der Waals surface area (Å²) < 4.78 is 1.60. The van der Waals surface area contributed by atoms with E-state index in [1.165, 1.54) is 25.7 Å². The second-order valence-corrected chi connectivity index (χ2v) is 10.3. The van der Waals surface area contributed by atoms with Crippen LogP contribution < -0.4 is 0 Å². The van der Waals surface area contributed by atoms with Gasteiger partial charge in [0.05, 0.1) is 0 Å². The molecule has 0 aromatic heterocycles. The third-order valence-corrected chi connectivity index (χ3v) is 9.76. The zero-order valence-electron chi connectivity index (χ0n) is 14.4. The van der Waals surface area contributed by atoms with Gasteiger partial charge in [-0.2, -0.15) is 0 Å². The Bertz CT molecular complexity index is 639. The van der Waals surface area contributed by atoms with E-state index in [4.69, 9.17) is 0 Å². The minimum absolute atomic E-state index is 0. The van der Waals surface area contributed by atoms with Crippen LogP contribution in [0, 0.1) is 0 Å². The second kappa shape index (κ2) is 8.63. The van der Waals surface area contributed by atoms with E-state index in [2.05, 4.69) is 63.3 Å².